The number of methoxy groups -OCH3 is 2. The summed E-state index contributed by atoms with van der Waals surface area (Å²) in [4.78, 5) is 12.6. The third-order valence-electron chi connectivity index (χ3n) is 3.07. The number of Topliss-reactive ketones (excluding diaryl/α,β-unsaturated/α-hetero) is 1. The third kappa shape index (κ3) is 3.49. The maximum Gasteiger partial charge on any atom is 0.174 e. The molecule has 0 atom stereocenters. The molecular weight excluding hydrogens is 311 g/mol. The van der Waals surface area contributed by atoms with E-state index in [4.69, 9.17) is 32.7 Å². The molecule has 0 aliphatic rings. The van der Waals surface area contributed by atoms with Gasteiger partial charge in [-0.1, -0.05) is 29.3 Å². The van der Waals surface area contributed by atoms with Gasteiger partial charge >= 0.3 is 0 Å². The molecule has 5 heteroatoms. The molecule has 0 saturated heterocycles. The van der Waals surface area contributed by atoms with Crippen molar-refractivity contribution in [3.8, 4) is 11.5 Å². The van der Waals surface area contributed by atoms with Gasteiger partial charge in [0, 0.05) is 16.5 Å². The van der Waals surface area contributed by atoms with Crippen molar-refractivity contribution in [3.63, 3.8) is 0 Å². The molecule has 0 saturated carbocycles. The summed E-state index contributed by atoms with van der Waals surface area (Å²) in [5, 5.41) is 1.04. The summed E-state index contributed by atoms with van der Waals surface area (Å²) < 4.78 is 10.5. The monoisotopic (exact) mass is 324 g/mol. The van der Waals surface area contributed by atoms with E-state index in [0.29, 0.717) is 32.7 Å². The van der Waals surface area contributed by atoms with Crippen LogP contribution in [0.15, 0.2) is 36.4 Å². The van der Waals surface area contributed by atoms with Crippen molar-refractivity contribution in [1.29, 1.82) is 0 Å². The Labute approximate surface area is 133 Å². The molecule has 21 heavy (non-hydrogen) atoms. The molecule has 2 aromatic carbocycles. The number of hydrogen-bond acceptors (Lipinski definition) is 3. The summed E-state index contributed by atoms with van der Waals surface area (Å²) in [5.74, 6) is 0.795. The van der Waals surface area contributed by atoms with Crippen molar-refractivity contribution in [2.75, 3.05) is 14.2 Å². The highest BCUT2D eigenvalue weighted by atomic mass is 35.5. The number of carbonyl (C=O) groups is 1. The first-order valence-electron chi connectivity index (χ1n) is 6.25. The summed E-state index contributed by atoms with van der Waals surface area (Å²) in [6, 6.07) is 10.2. The number of ether oxygens (including phenoxy) is 2. The molecule has 2 rings (SSSR count). The Kier molecular flexibility index (Phi) is 5.10. The molecule has 0 unspecified atom stereocenters. The predicted molar refractivity (Wildman–Crippen MR) is 84.0 cm³/mol. The maximum absolute atomic E-state index is 12.6. The quantitative estimate of drug-likeness (QED) is 0.763. The van der Waals surface area contributed by atoms with Gasteiger partial charge in [-0.25, -0.2) is 0 Å². The molecule has 110 valence electrons. The number of benzene rings is 2. The second kappa shape index (κ2) is 6.83. The molecule has 3 nitrogen and oxygen atoms in total. The third-order valence-corrected chi connectivity index (χ3v) is 3.67. The number of ketones is 1. The lowest BCUT2D eigenvalue weighted by Crippen LogP contribution is -2.08. The van der Waals surface area contributed by atoms with E-state index in [9.17, 15) is 4.79 Å². The first-order valence-corrected chi connectivity index (χ1v) is 7.00. The largest absolute Gasteiger partial charge is 0.496 e. The lowest BCUT2D eigenvalue weighted by Gasteiger charge is -2.12. The molecule has 0 fully saturated rings. The van der Waals surface area contributed by atoms with Gasteiger partial charge in [0.2, 0.25) is 0 Å². The fraction of sp³-hybridized carbons (Fsp3) is 0.188. The van der Waals surface area contributed by atoms with E-state index < -0.39 is 0 Å². The van der Waals surface area contributed by atoms with E-state index >= 15 is 0 Å². The van der Waals surface area contributed by atoms with Crippen LogP contribution in [0.5, 0.6) is 11.5 Å². The maximum atomic E-state index is 12.6. The van der Waals surface area contributed by atoms with Gasteiger partial charge in [-0.2, -0.15) is 0 Å². The Hall–Kier alpha value is -1.71. The number of halogens is 2. The van der Waals surface area contributed by atoms with Gasteiger partial charge < -0.3 is 9.47 Å². The van der Waals surface area contributed by atoms with E-state index in [-0.39, 0.29) is 12.2 Å². The Bertz CT molecular complexity index is 646. The fourth-order valence-electron chi connectivity index (χ4n) is 2.07. The molecule has 0 N–H and O–H groups in total. The molecule has 0 spiro atoms. The zero-order chi connectivity index (χ0) is 15.4. The van der Waals surface area contributed by atoms with Gasteiger partial charge in [0.05, 0.1) is 14.2 Å². The van der Waals surface area contributed by atoms with Gasteiger partial charge in [-0.05, 0) is 35.9 Å². The Morgan fingerprint density at radius 3 is 2.24 bits per heavy atom. The van der Waals surface area contributed by atoms with E-state index in [1.54, 1.807) is 36.4 Å². The van der Waals surface area contributed by atoms with Gasteiger partial charge in [0.1, 0.15) is 17.1 Å². The van der Waals surface area contributed by atoms with Crippen LogP contribution in [0.1, 0.15) is 15.9 Å². The fourth-order valence-corrected chi connectivity index (χ4v) is 2.45. The molecule has 2 aromatic rings. The van der Waals surface area contributed by atoms with Crippen LogP contribution in [0.2, 0.25) is 10.0 Å². The summed E-state index contributed by atoms with van der Waals surface area (Å²) in [5.41, 5.74) is 1.07. The molecule has 0 aromatic heterocycles. The summed E-state index contributed by atoms with van der Waals surface area (Å²) in [7, 11) is 3.02. The van der Waals surface area contributed by atoms with E-state index in [2.05, 4.69) is 0 Å². The number of rotatable bonds is 5. The Morgan fingerprint density at radius 1 is 1.05 bits per heavy atom. The molecule has 0 aliphatic heterocycles. The molecule has 0 aliphatic carbocycles. The second-order valence-corrected chi connectivity index (χ2v) is 5.22. The van der Waals surface area contributed by atoms with Gasteiger partial charge in [-0.3, -0.25) is 4.79 Å². The van der Waals surface area contributed by atoms with Crippen molar-refractivity contribution in [3.05, 3.63) is 57.6 Å². The smallest absolute Gasteiger partial charge is 0.174 e. The van der Waals surface area contributed by atoms with Crippen molar-refractivity contribution >= 4 is 29.0 Å². The molecular formula is C16H14Cl2O3. The molecule has 0 heterocycles. The molecule has 0 amide bonds. The highest BCUT2D eigenvalue weighted by Gasteiger charge is 2.19. The number of hydrogen-bond donors (Lipinski definition) is 0. The van der Waals surface area contributed by atoms with Crippen LogP contribution < -0.4 is 9.47 Å². The minimum Gasteiger partial charge on any atom is -0.496 e. The van der Waals surface area contributed by atoms with Crippen molar-refractivity contribution in [2.45, 2.75) is 6.42 Å². The zero-order valence-corrected chi connectivity index (χ0v) is 13.2. The van der Waals surface area contributed by atoms with Crippen LogP contribution in [-0.4, -0.2) is 20.0 Å². The van der Waals surface area contributed by atoms with Crippen LogP contribution in [0.25, 0.3) is 0 Å². The minimum absolute atomic E-state index is 0.121. The van der Waals surface area contributed by atoms with Gasteiger partial charge in [-0.15, -0.1) is 0 Å². The van der Waals surface area contributed by atoms with Gasteiger partial charge in [0.15, 0.2) is 5.78 Å². The molecule has 0 radical (unpaired) electrons. The summed E-state index contributed by atoms with van der Waals surface area (Å²) in [6.07, 6.45) is 0.121. The van der Waals surface area contributed by atoms with Crippen LogP contribution in [0.3, 0.4) is 0 Å². The highest BCUT2D eigenvalue weighted by molar-refractivity contribution is 6.33. The highest BCUT2D eigenvalue weighted by Crippen LogP contribution is 2.31. The first kappa shape index (κ1) is 15.7. The first-order chi connectivity index (χ1) is 10.1. The van der Waals surface area contributed by atoms with Crippen LogP contribution in [0, 0.1) is 0 Å². The SMILES string of the molecule is COc1cccc(OC)c1C(=O)Cc1cc(Cl)ccc1Cl. The normalized spacial score (nSPS) is 10.3. The minimum atomic E-state index is -0.145. The van der Waals surface area contributed by atoms with Crippen molar-refractivity contribution in [2.24, 2.45) is 0 Å². The van der Waals surface area contributed by atoms with E-state index in [0.717, 1.165) is 0 Å². The average molecular weight is 325 g/mol. The lowest BCUT2D eigenvalue weighted by molar-refractivity contribution is 0.0987. The van der Waals surface area contributed by atoms with Crippen molar-refractivity contribution < 1.29 is 14.3 Å². The Balaban J connectivity index is 2.38. The predicted octanol–water partition coefficient (Wildman–Crippen LogP) is 4.44. The average Bonchev–Trinajstić information content (AvgIpc) is 2.49. The van der Waals surface area contributed by atoms with Crippen LogP contribution in [-0.2, 0) is 6.42 Å². The standard InChI is InChI=1S/C16H14Cl2O3/c1-20-14-4-3-5-15(21-2)16(14)13(19)9-10-8-11(17)6-7-12(10)18/h3-8H,9H2,1-2H3. The van der Waals surface area contributed by atoms with E-state index in [1.165, 1.54) is 14.2 Å². The number of carbonyl (C=O) groups excluding carboxylic acids is 1. The topological polar surface area (TPSA) is 35.5 Å². The lowest BCUT2D eigenvalue weighted by atomic mass is 10.0. The summed E-state index contributed by atoms with van der Waals surface area (Å²) in [6.45, 7) is 0. The van der Waals surface area contributed by atoms with Crippen LogP contribution >= 0.6 is 23.2 Å². The Morgan fingerprint density at radius 2 is 1.67 bits per heavy atom. The van der Waals surface area contributed by atoms with Crippen molar-refractivity contribution in [1.82, 2.24) is 0 Å². The summed E-state index contributed by atoms with van der Waals surface area (Å²) >= 11 is 12.0. The van der Waals surface area contributed by atoms with Crippen LogP contribution in [0.4, 0.5) is 0 Å². The zero-order valence-electron chi connectivity index (χ0n) is 11.7. The second-order valence-electron chi connectivity index (χ2n) is 4.37. The molecule has 0 bridgehead atoms. The van der Waals surface area contributed by atoms with Gasteiger partial charge in [0.25, 0.3) is 0 Å². The van der Waals surface area contributed by atoms with E-state index in [1.807, 2.05) is 0 Å².